The molecular weight excluding hydrogens is 649 g/mol. The van der Waals surface area contributed by atoms with Crippen LogP contribution in [0.25, 0.3) is 67.3 Å². The molecule has 0 spiro atoms. The van der Waals surface area contributed by atoms with Crippen molar-refractivity contribution in [3.8, 4) is 90.3 Å². The van der Waals surface area contributed by atoms with Crippen molar-refractivity contribution in [2.24, 2.45) is 0 Å². The Labute approximate surface area is 309 Å². The van der Waals surface area contributed by atoms with Gasteiger partial charge in [0.15, 0.2) is 28.8 Å². The second-order valence-electron chi connectivity index (χ2n) is 14.2. The summed E-state index contributed by atoms with van der Waals surface area (Å²) >= 11 is 0. The van der Waals surface area contributed by atoms with Crippen molar-refractivity contribution in [3.05, 3.63) is 181 Å². The smallest absolute Gasteiger partial charge is 0.178 e. The third-order valence-corrected chi connectivity index (χ3v) is 10.6. The van der Waals surface area contributed by atoms with Gasteiger partial charge < -0.3 is 9.47 Å². The second-order valence-corrected chi connectivity index (χ2v) is 14.2. The van der Waals surface area contributed by atoms with E-state index in [0.29, 0.717) is 17.3 Å². The van der Waals surface area contributed by atoms with Crippen LogP contribution in [0.2, 0.25) is 0 Å². The van der Waals surface area contributed by atoms with Crippen LogP contribution in [0.15, 0.2) is 170 Å². The van der Waals surface area contributed by atoms with Crippen LogP contribution in [-0.2, 0) is 5.41 Å². The summed E-state index contributed by atoms with van der Waals surface area (Å²) in [5.41, 5.74) is 13.9. The van der Waals surface area contributed by atoms with Gasteiger partial charge in [0.1, 0.15) is 0 Å². The van der Waals surface area contributed by atoms with Crippen molar-refractivity contribution < 1.29 is 9.47 Å². The molecule has 4 nitrogen and oxygen atoms in total. The molecule has 0 fully saturated rings. The Bertz CT molecular complexity index is 2680. The molecule has 1 aliphatic heterocycles. The van der Waals surface area contributed by atoms with E-state index in [1.54, 1.807) is 0 Å². The van der Waals surface area contributed by atoms with Gasteiger partial charge in [0, 0.05) is 27.7 Å². The van der Waals surface area contributed by atoms with Crippen molar-refractivity contribution in [2.75, 3.05) is 0 Å². The summed E-state index contributed by atoms with van der Waals surface area (Å²) in [6.07, 6.45) is 0. The molecule has 53 heavy (non-hydrogen) atoms. The fourth-order valence-corrected chi connectivity index (χ4v) is 7.86. The van der Waals surface area contributed by atoms with Crippen molar-refractivity contribution in [2.45, 2.75) is 19.3 Å². The van der Waals surface area contributed by atoms with Crippen LogP contribution in [0.5, 0.6) is 23.0 Å². The fraction of sp³-hybridized carbons (Fsp3) is 0.0612. The summed E-state index contributed by atoms with van der Waals surface area (Å²) in [5, 5.41) is 0. The molecule has 0 saturated carbocycles. The predicted molar refractivity (Wildman–Crippen MR) is 213 cm³/mol. The van der Waals surface area contributed by atoms with Gasteiger partial charge in [-0.2, -0.15) is 0 Å². The molecular formula is C49H34N2O2. The Balaban J connectivity index is 0.993. The Morgan fingerprint density at radius 1 is 0.396 bits per heavy atom. The lowest BCUT2D eigenvalue weighted by Crippen LogP contribution is -2.15. The highest BCUT2D eigenvalue weighted by atomic mass is 16.6. The fourth-order valence-electron chi connectivity index (χ4n) is 7.86. The van der Waals surface area contributed by atoms with Crippen LogP contribution in [0, 0.1) is 0 Å². The predicted octanol–water partition coefficient (Wildman–Crippen LogP) is 13.0. The van der Waals surface area contributed by atoms with Crippen molar-refractivity contribution in [1.29, 1.82) is 0 Å². The molecule has 1 aliphatic carbocycles. The highest BCUT2D eigenvalue weighted by molar-refractivity contribution is 5.88. The van der Waals surface area contributed by atoms with Gasteiger partial charge in [-0.3, -0.25) is 0 Å². The molecule has 0 unspecified atom stereocenters. The van der Waals surface area contributed by atoms with E-state index in [0.717, 1.165) is 67.4 Å². The van der Waals surface area contributed by atoms with Crippen molar-refractivity contribution in [1.82, 2.24) is 9.97 Å². The molecule has 2 heterocycles. The van der Waals surface area contributed by atoms with E-state index in [1.807, 2.05) is 42.5 Å². The number of nitrogens with zero attached hydrogens (tertiary/aromatic N) is 2. The molecule has 0 radical (unpaired) electrons. The molecule has 0 saturated heterocycles. The van der Waals surface area contributed by atoms with E-state index in [4.69, 9.17) is 19.4 Å². The Kier molecular flexibility index (Phi) is 7.12. The van der Waals surface area contributed by atoms with Crippen LogP contribution in [-0.4, -0.2) is 9.97 Å². The van der Waals surface area contributed by atoms with E-state index in [9.17, 15) is 0 Å². The summed E-state index contributed by atoms with van der Waals surface area (Å²) in [5.74, 6) is 3.63. The van der Waals surface area contributed by atoms with Gasteiger partial charge in [-0.15, -0.1) is 0 Å². The summed E-state index contributed by atoms with van der Waals surface area (Å²) in [6, 6.07) is 58.7. The van der Waals surface area contributed by atoms with E-state index in [2.05, 4.69) is 141 Å². The van der Waals surface area contributed by atoms with Gasteiger partial charge in [-0.05, 0) is 63.2 Å². The largest absolute Gasteiger partial charge is 0.449 e. The lowest BCUT2D eigenvalue weighted by Gasteiger charge is -2.25. The van der Waals surface area contributed by atoms with Crippen molar-refractivity contribution >= 4 is 0 Å². The summed E-state index contributed by atoms with van der Waals surface area (Å²) in [4.78, 5) is 10.3. The number of ether oxygens (including phenoxy) is 2. The first-order chi connectivity index (χ1) is 26.0. The van der Waals surface area contributed by atoms with Gasteiger partial charge >= 0.3 is 0 Å². The number of aromatic nitrogens is 2. The standard InChI is InChI=1S/C49H34N2O2/c1-49(2)39-20-12-11-19-38(39)46-40(49)26-28-44-47(46)53-43-27-25-35(29-45(43)52-44)31-21-23-34(24-22-31)42-30-41(33-15-7-4-8-16-33)50-48(51-42)37-18-10-9-17-36(37)32-13-5-3-6-14-32/h3-30H,1-2H3. The first-order valence-corrected chi connectivity index (χ1v) is 18.0. The maximum atomic E-state index is 6.63. The molecule has 8 aromatic rings. The number of benzene rings is 7. The molecule has 7 aromatic carbocycles. The lowest BCUT2D eigenvalue weighted by atomic mass is 9.82. The Morgan fingerprint density at radius 2 is 0.962 bits per heavy atom. The minimum absolute atomic E-state index is 0.107. The zero-order valence-corrected chi connectivity index (χ0v) is 29.4. The number of rotatable bonds is 5. The van der Waals surface area contributed by atoms with Gasteiger partial charge in [-0.1, -0.05) is 159 Å². The zero-order chi connectivity index (χ0) is 35.5. The topological polar surface area (TPSA) is 44.2 Å². The number of fused-ring (bicyclic) bond motifs is 6. The molecule has 0 bridgehead atoms. The quantitative estimate of drug-likeness (QED) is 0.181. The first kappa shape index (κ1) is 31.0. The number of hydrogen-bond donors (Lipinski definition) is 0. The Hall–Kier alpha value is -6.78. The molecule has 10 rings (SSSR count). The SMILES string of the molecule is CC1(C)c2ccccc2-c2c1ccc1c2Oc2ccc(-c3ccc(-c4cc(-c5ccccc5)nc(-c5ccccc5-c5ccccc5)n4)cc3)cc2O1. The molecule has 0 N–H and O–H groups in total. The Morgan fingerprint density at radius 3 is 1.70 bits per heavy atom. The van der Waals surface area contributed by atoms with Gasteiger partial charge in [-0.25, -0.2) is 9.97 Å². The average Bonchev–Trinajstić information content (AvgIpc) is 3.46. The van der Waals surface area contributed by atoms with Gasteiger partial charge in [0.05, 0.1) is 11.4 Å². The third kappa shape index (κ3) is 5.22. The minimum atomic E-state index is -0.107. The van der Waals surface area contributed by atoms with E-state index in [1.165, 1.54) is 16.7 Å². The highest BCUT2D eigenvalue weighted by Crippen LogP contribution is 2.58. The van der Waals surface area contributed by atoms with Gasteiger partial charge in [0.25, 0.3) is 0 Å². The zero-order valence-electron chi connectivity index (χ0n) is 29.4. The molecule has 4 heteroatoms. The van der Waals surface area contributed by atoms with Crippen LogP contribution >= 0.6 is 0 Å². The number of hydrogen-bond acceptors (Lipinski definition) is 4. The maximum absolute atomic E-state index is 6.63. The normalized spacial score (nSPS) is 13.2. The van der Waals surface area contributed by atoms with Gasteiger partial charge in [0.2, 0.25) is 0 Å². The summed E-state index contributed by atoms with van der Waals surface area (Å²) in [7, 11) is 0. The molecule has 1 aromatic heterocycles. The lowest BCUT2D eigenvalue weighted by molar-refractivity contribution is 0.360. The van der Waals surface area contributed by atoms with Crippen LogP contribution in [0.3, 0.4) is 0 Å². The monoisotopic (exact) mass is 682 g/mol. The summed E-state index contributed by atoms with van der Waals surface area (Å²) < 4.78 is 13.2. The summed E-state index contributed by atoms with van der Waals surface area (Å²) in [6.45, 7) is 4.55. The maximum Gasteiger partial charge on any atom is 0.178 e. The second kappa shape index (κ2) is 12.2. The minimum Gasteiger partial charge on any atom is -0.449 e. The van der Waals surface area contributed by atoms with E-state index < -0.39 is 0 Å². The molecule has 0 atom stereocenters. The third-order valence-electron chi connectivity index (χ3n) is 10.6. The van der Waals surface area contributed by atoms with E-state index in [-0.39, 0.29) is 5.41 Å². The first-order valence-electron chi connectivity index (χ1n) is 18.0. The molecule has 2 aliphatic rings. The molecule has 0 amide bonds. The van der Waals surface area contributed by atoms with Crippen LogP contribution in [0.4, 0.5) is 0 Å². The van der Waals surface area contributed by atoms with Crippen LogP contribution in [0.1, 0.15) is 25.0 Å². The highest BCUT2D eigenvalue weighted by Gasteiger charge is 2.39. The van der Waals surface area contributed by atoms with E-state index >= 15 is 0 Å². The van der Waals surface area contributed by atoms with Crippen molar-refractivity contribution in [3.63, 3.8) is 0 Å². The van der Waals surface area contributed by atoms with Crippen LogP contribution < -0.4 is 9.47 Å². The average molecular weight is 683 g/mol. The molecule has 252 valence electrons.